The van der Waals surface area contributed by atoms with Crippen LogP contribution in [0.3, 0.4) is 0 Å². The highest BCUT2D eigenvalue weighted by Gasteiger charge is 2.36. The van der Waals surface area contributed by atoms with Crippen LogP contribution in [0.25, 0.3) is 0 Å². The zero-order valence-electron chi connectivity index (χ0n) is 16.0. The summed E-state index contributed by atoms with van der Waals surface area (Å²) in [4.78, 5) is -0.0101. The third kappa shape index (κ3) is 4.24. The van der Waals surface area contributed by atoms with Crippen LogP contribution in [0.15, 0.2) is 52.3 Å². The van der Waals surface area contributed by atoms with E-state index in [-0.39, 0.29) is 41.5 Å². The van der Waals surface area contributed by atoms with Crippen molar-refractivity contribution in [3.05, 3.63) is 48.3 Å². The normalized spacial score (nSPS) is 16.5. The first-order chi connectivity index (χ1) is 13.7. The molecule has 0 saturated carbocycles. The Morgan fingerprint density at radius 1 is 0.897 bits per heavy atom. The van der Waals surface area contributed by atoms with Crippen molar-refractivity contribution in [2.75, 3.05) is 27.3 Å². The van der Waals surface area contributed by atoms with Gasteiger partial charge in [0, 0.05) is 13.1 Å². The second kappa shape index (κ2) is 8.29. The van der Waals surface area contributed by atoms with Gasteiger partial charge in [0.15, 0.2) is 21.4 Å². The smallest absolute Gasteiger partial charge is 0.243 e. The number of benzene rings is 2. The molecule has 3 rings (SSSR count). The molecule has 0 bridgehead atoms. The molecule has 1 heterocycles. The Kier molecular flexibility index (Phi) is 6.16. The number of ether oxygens (including phenoxy) is 2. The van der Waals surface area contributed by atoms with E-state index in [1.807, 2.05) is 0 Å². The molecule has 0 spiro atoms. The van der Waals surface area contributed by atoms with Gasteiger partial charge in [0.2, 0.25) is 10.0 Å². The molecule has 10 heteroatoms. The first kappa shape index (κ1) is 21.5. The van der Waals surface area contributed by atoms with Crippen molar-refractivity contribution in [3.63, 3.8) is 0 Å². The number of rotatable bonds is 6. The summed E-state index contributed by atoms with van der Waals surface area (Å²) in [7, 11) is -4.73. The molecule has 2 aromatic rings. The van der Waals surface area contributed by atoms with E-state index >= 15 is 0 Å². The first-order valence-corrected chi connectivity index (χ1v) is 11.9. The van der Waals surface area contributed by atoms with E-state index in [2.05, 4.69) is 0 Å². The SMILES string of the molecule is COc1ccc(S(=O)(=O)C2CCN(S(=O)(=O)c3ccc(OC)c(F)c3)CC2)cc1. The van der Waals surface area contributed by atoms with E-state index in [0.29, 0.717) is 5.75 Å². The predicted octanol–water partition coefficient (Wildman–Crippen LogP) is 2.47. The minimum absolute atomic E-state index is 0.0377. The van der Waals surface area contributed by atoms with Gasteiger partial charge >= 0.3 is 0 Å². The van der Waals surface area contributed by atoms with Gasteiger partial charge in [-0.25, -0.2) is 21.2 Å². The molecule has 0 radical (unpaired) electrons. The summed E-state index contributed by atoms with van der Waals surface area (Å²) in [5.41, 5.74) is 0. The molecule has 158 valence electrons. The number of nitrogens with zero attached hydrogens (tertiary/aromatic N) is 1. The topological polar surface area (TPSA) is 90.0 Å². The third-order valence-corrected chi connectivity index (χ3v) is 9.16. The number of hydrogen-bond acceptors (Lipinski definition) is 6. The van der Waals surface area contributed by atoms with Crippen LogP contribution < -0.4 is 9.47 Å². The number of sulfonamides is 1. The molecule has 0 N–H and O–H groups in total. The molecular weight excluding hydrogens is 421 g/mol. The van der Waals surface area contributed by atoms with Crippen LogP contribution in [-0.4, -0.2) is 53.7 Å². The highest BCUT2D eigenvalue weighted by atomic mass is 32.2. The molecule has 1 aliphatic heterocycles. The lowest BCUT2D eigenvalue weighted by molar-refractivity contribution is 0.345. The average molecular weight is 444 g/mol. The van der Waals surface area contributed by atoms with E-state index in [1.54, 1.807) is 12.1 Å². The Hall–Kier alpha value is -2.17. The molecule has 1 fully saturated rings. The molecule has 0 atom stereocenters. The zero-order chi connectivity index (χ0) is 21.2. The summed E-state index contributed by atoms with van der Waals surface area (Å²) in [6.45, 7) is 0.0755. The van der Waals surface area contributed by atoms with Gasteiger partial charge < -0.3 is 9.47 Å². The maximum Gasteiger partial charge on any atom is 0.243 e. The summed E-state index contributed by atoms with van der Waals surface area (Å²) < 4.78 is 76.2. The zero-order valence-corrected chi connectivity index (χ0v) is 17.7. The molecule has 0 amide bonds. The van der Waals surface area contributed by atoms with Crippen LogP contribution in [0.4, 0.5) is 4.39 Å². The van der Waals surface area contributed by atoms with E-state index in [4.69, 9.17) is 9.47 Å². The quantitative estimate of drug-likeness (QED) is 0.681. The highest BCUT2D eigenvalue weighted by molar-refractivity contribution is 7.92. The Morgan fingerprint density at radius 2 is 1.48 bits per heavy atom. The van der Waals surface area contributed by atoms with Crippen molar-refractivity contribution in [2.24, 2.45) is 0 Å². The van der Waals surface area contributed by atoms with Crippen molar-refractivity contribution in [2.45, 2.75) is 27.9 Å². The van der Waals surface area contributed by atoms with Crippen molar-refractivity contribution in [1.29, 1.82) is 0 Å². The Morgan fingerprint density at radius 3 is 2.00 bits per heavy atom. The van der Waals surface area contributed by atoms with E-state index in [0.717, 1.165) is 6.07 Å². The van der Waals surface area contributed by atoms with Crippen molar-refractivity contribution >= 4 is 19.9 Å². The fourth-order valence-corrected chi connectivity index (χ4v) is 6.51. The third-order valence-electron chi connectivity index (χ3n) is 4.99. The molecular formula is C19H22FNO6S2. The number of hydrogen-bond donors (Lipinski definition) is 0. The van der Waals surface area contributed by atoms with Gasteiger partial charge in [0.1, 0.15) is 5.75 Å². The monoisotopic (exact) mass is 443 g/mol. The van der Waals surface area contributed by atoms with E-state index in [1.165, 1.54) is 42.8 Å². The number of methoxy groups -OCH3 is 2. The lowest BCUT2D eigenvalue weighted by Crippen LogP contribution is -2.42. The van der Waals surface area contributed by atoms with Gasteiger partial charge in [0.05, 0.1) is 29.3 Å². The molecule has 0 unspecified atom stereocenters. The summed E-state index contributed by atoms with van der Waals surface area (Å²) in [6, 6.07) is 9.55. The fraction of sp³-hybridized carbons (Fsp3) is 0.368. The van der Waals surface area contributed by atoms with Gasteiger partial charge in [-0.1, -0.05) is 0 Å². The molecule has 2 aromatic carbocycles. The Labute approximate surface area is 170 Å². The molecule has 0 aliphatic carbocycles. The molecule has 0 aromatic heterocycles. The van der Waals surface area contributed by atoms with Crippen molar-refractivity contribution < 1.29 is 30.7 Å². The average Bonchev–Trinajstić information content (AvgIpc) is 2.73. The molecule has 1 aliphatic rings. The minimum Gasteiger partial charge on any atom is -0.497 e. The maximum atomic E-state index is 13.9. The summed E-state index contributed by atoms with van der Waals surface area (Å²) in [5, 5.41) is -0.685. The lowest BCUT2D eigenvalue weighted by atomic mass is 10.2. The predicted molar refractivity (Wildman–Crippen MR) is 105 cm³/mol. The van der Waals surface area contributed by atoms with Crippen molar-refractivity contribution in [1.82, 2.24) is 4.31 Å². The Bertz CT molecular complexity index is 1080. The van der Waals surface area contributed by atoms with Gasteiger partial charge in [-0.2, -0.15) is 4.31 Å². The van der Waals surface area contributed by atoms with Gasteiger partial charge in [-0.15, -0.1) is 0 Å². The number of piperidine rings is 1. The van der Waals surface area contributed by atoms with Gasteiger partial charge in [-0.3, -0.25) is 0 Å². The van der Waals surface area contributed by atoms with E-state index < -0.39 is 30.9 Å². The summed E-state index contributed by atoms with van der Waals surface area (Å²) in [5.74, 6) is -0.268. The van der Waals surface area contributed by atoms with Crippen LogP contribution in [0, 0.1) is 5.82 Å². The highest BCUT2D eigenvalue weighted by Crippen LogP contribution is 2.29. The van der Waals surface area contributed by atoms with Crippen LogP contribution in [0.5, 0.6) is 11.5 Å². The van der Waals surface area contributed by atoms with Gasteiger partial charge in [0.25, 0.3) is 0 Å². The summed E-state index contributed by atoms with van der Waals surface area (Å²) >= 11 is 0. The molecule has 1 saturated heterocycles. The number of sulfone groups is 1. The Balaban J connectivity index is 1.74. The van der Waals surface area contributed by atoms with Crippen LogP contribution >= 0.6 is 0 Å². The van der Waals surface area contributed by atoms with Crippen LogP contribution in [-0.2, 0) is 19.9 Å². The number of halogens is 1. The maximum absolute atomic E-state index is 13.9. The van der Waals surface area contributed by atoms with E-state index in [9.17, 15) is 21.2 Å². The lowest BCUT2D eigenvalue weighted by Gasteiger charge is -2.31. The minimum atomic E-state index is -3.93. The first-order valence-electron chi connectivity index (χ1n) is 8.92. The fourth-order valence-electron chi connectivity index (χ4n) is 3.30. The van der Waals surface area contributed by atoms with Gasteiger partial charge in [-0.05, 0) is 55.3 Å². The standard InChI is InChI=1S/C19H22FNO6S2/c1-26-14-3-5-15(6-4-14)28(22,23)16-9-11-21(12-10-16)29(24,25)17-7-8-19(27-2)18(20)13-17/h3-8,13,16H,9-12H2,1-2H3. The summed E-state index contributed by atoms with van der Waals surface area (Å²) in [6.07, 6.45) is 0.318. The van der Waals surface area contributed by atoms with Crippen LogP contribution in [0.1, 0.15) is 12.8 Å². The second-order valence-corrected chi connectivity index (χ2v) is 10.8. The second-order valence-electron chi connectivity index (χ2n) is 6.62. The molecule has 29 heavy (non-hydrogen) atoms. The van der Waals surface area contributed by atoms with Crippen LogP contribution in [0.2, 0.25) is 0 Å². The molecule has 7 nitrogen and oxygen atoms in total. The van der Waals surface area contributed by atoms with Crippen molar-refractivity contribution in [3.8, 4) is 11.5 Å². The largest absolute Gasteiger partial charge is 0.497 e.